The molecular weight excluding hydrogens is 134 g/mol. The van der Waals surface area contributed by atoms with Gasteiger partial charge < -0.3 is 10.5 Å². The molecule has 1 fully saturated rings. The van der Waals surface area contributed by atoms with Gasteiger partial charge in [0.25, 0.3) is 0 Å². The van der Waals surface area contributed by atoms with E-state index in [2.05, 4.69) is 10.5 Å². The SMILES string of the molecule is NC(=O)N/N=C1/CCOC1. The Morgan fingerprint density at radius 2 is 2.60 bits per heavy atom. The van der Waals surface area contributed by atoms with Crippen molar-refractivity contribution in [3.8, 4) is 0 Å². The van der Waals surface area contributed by atoms with Gasteiger partial charge in [0.15, 0.2) is 0 Å². The highest BCUT2D eigenvalue weighted by Crippen LogP contribution is 1.97. The number of hydrogen-bond acceptors (Lipinski definition) is 3. The van der Waals surface area contributed by atoms with Gasteiger partial charge in [-0.05, 0) is 0 Å². The quantitative estimate of drug-likeness (QED) is 0.482. The molecule has 56 valence electrons. The Hall–Kier alpha value is -1.10. The van der Waals surface area contributed by atoms with Gasteiger partial charge in [0, 0.05) is 6.42 Å². The molecule has 0 aliphatic carbocycles. The van der Waals surface area contributed by atoms with Crippen LogP contribution in [-0.4, -0.2) is 25.0 Å². The van der Waals surface area contributed by atoms with Crippen molar-refractivity contribution in [3.05, 3.63) is 0 Å². The molecule has 0 bridgehead atoms. The van der Waals surface area contributed by atoms with E-state index in [4.69, 9.17) is 10.5 Å². The first-order valence-electron chi connectivity index (χ1n) is 2.97. The highest BCUT2D eigenvalue weighted by molar-refractivity contribution is 5.88. The van der Waals surface area contributed by atoms with Crippen LogP contribution in [0, 0.1) is 0 Å². The number of nitrogens with zero attached hydrogens (tertiary/aromatic N) is 1. The van der Waals surface area contributed by atoms with E-state index in [0.717, 1.165) is 12.1 Å². The minimum atomic E-state index is -0.639. The van der Waals surface area contributed by atoms with Crippen LogP contribution >= 0.6 is 0 Å². The van der Waals surface area contributed by atoms with Crippen molar-refractivity contribution >= 4 is 11.7 Å². The van der Waals surface area contributed by atoms with E-state index < -0.39 is 6.03 Å². The van der Waals surface area contributed by atoms with E-state index >= 15 is 0 Å². The zero-order valence-electron chi connectivity index (χ0n) is 5.46. The maximum atomic E-state index is 10.1. The van der Waals surface area contributed by atoms with Crippen LogP contribution in [-0.2, 0) is 4.74 Å². The Labute approximate surface area is 58.2 Å². The van der Waals surface area contributed by atoms with E-state index in [1.807, 2.05) is 0 Å². The van der Waals surface area contributed by atoms with Crippen molar-refractivity contribution in [3.63, 3.8) is 0 Å². The molecule has 0 aromatic heterocycles. The number of carbonyl (C=O) groups excluding carboxylic acids is 1. The molecule has 1 aliphatic rings. The number of nitrogens with one attached hydrogen (secondary N) is 1. The van der Waals surface area contributed by atoms with Gasteiger partial charge in [0.2, 0.25) is 0 Å². The summed E-state index contributed by atoms with van der Waals surface area (Å²) in [5, 5.41) is 3.69. The standard InChI is InChI=1S/C5H9N3O2/c6-5(9)8-7-4-1-2-10-3-4/h1-3H2,(H3,6,8,9)/b7-4-. The molecular formula is C5H9N3O2. The number of hydrogen-bond donors (Lipinski definition) is 2. The Morgan fingerprint density at radius 1 is 1.80 bits per heavy atom. The number of urea groups is 1. The van der Waals surface area contributed by atoms with Crippen molar-refractivity contribution in [1.29, 1.82) is 0 Å². The summed E-state index contributed by atoms with van der Waals surface area (Å²) < 4.78 is 4.97. The van der Waals surface area contributed by atoms with Crippen LogP contribution in [0.1, 0.15) is 6.42 Å². The summed E-state index contributed by atoms with van der Waals surface area (Å²) in [7, 11) is 0. The first kappa shape index (κ1) is 7.01. The van der Waals surface area contributed by atoms with Crippen molar-refractivity contribution in [2.24, 2.45) is 10.8 Å². The molecule has 1 heterocycles. The second-order valence-corrected chi connectivity index (χ2v) is 1.96. The number of primary amides is 1. The Bertz CT molecular complexity index is 158. The molecule has 0 saturated carbocycles. The molecule has 1 aliphatic heterocycles. The minimum absolute atomic E-state index is 0.500. The molecule has 0 aromatic rings. The second-order valence-electron chi connectivity index (χ2n) is 1.96. The lowest BCUT2D eigenvalue weighted by Crippen LogP contribution is -2.25. The van der Waals surface area contributed by atoms with Gasteiger partial charge in [-0.25, -0.2) is 10.2 Å². The summed E-state index contributed by atoms with van der Waals surface area (Å²) in [6.45, 7) is 1.18. The zero-order chi connectivity index (χ0) is 7.40. The molecule has 10 heavy (non-hydrogen) atoms. The van der Waals surface area contributed by atoms with Crippen LogP contribution in [0.5, 0.6) is 0 Å². The summed E-state index contributed by atoms with van der Waals surface area (Å²) in [6, 6.07) is -0.639. The molecule has 1 rings (SSSR count). The minimum Gasteiger partial charge on any atom is -0.375 e. The van der Waals surface area contributed by atoms with Gasteiger partial charge in [0.1, 0.15) is 0 Å². The first-order valence-corrected chi connectivity index (χ1v) is 2.97. The predicted molar refractivity (Wildman–Crippen MR) is 35.6 cm³/mol. The molecule has 5 heteroatoms. The van der Waals surface area contributed by atoms with Gasteiger partial charge in [-0.2, -0.15) is 5.10 Å². The highest BCUT2D eigenvalue weighted by atomic mass is 16.5. The van der Waals surface area contributed by atoms with Crippen LogP contribution in [0.15, 0.2) is 5.10 Å². The van der Waals surface area contributed by atoms with E-state index in [1.54, 1.807) is 0 Å². The van der Waals surface area contributed by atoms with Crippen molar-refractivity contribution in [2.45, 2.75) is 6.42 Å². The maximum Gasteiger partial charge on any atom is 0.332 e. The van der Waals surface area contributed by atoms with Crippen LogP contribution < -0.4 is 11.2 Å². The van der Waals surface area contributed by atoms with E-state index in [0.29, 0.717) is 13.2 Å². The van der Waals surface area contributed by atoms with E-state index in [-0.39, 0.29) is 0 Å². The molecule has 0 unspecified atom stereocenters. The molecule has 2 amide bonds. The average Bonchev–Trinajstić information content (AvgIpc) is 2.34. The Morgan fingerprint density at radius 3 is 3.10 bits per heavy atom. The predicted octanol–water partition coefficient (Wildman–Crippen LogP) is -0.569. The molecule has 0 atom stereocenters. The largest absolute Gasteiger partial charge is 0.375 e. The molecule has 5 nitrogen and oxygen atoms in total. The van der Waals surface area contributed by atoms with Gasteiger partial charge >= 0.3 is 6.03 Å². The lowest BCUT2D eigenvalue weighted by atomic mass is 10.3. The average molecular weight is 143 g/mol. The van der Waals surface area contributed by atoms with Crippen molar-refractivity contribution in [1.82, 2.24) is 5.43 Å². The molecule has 0 aromatic carbocycles. The topological polar surface area (TPSA) is 76.7 Å². The van der Waals surface area contributed by atoms with Crippen molar-refractivity contribution < 1.29 is 9.53 Å². The van der Waals surface area contributed by atoms with Crippen LogP contribution in [0.25, 0.3) is 0 Å². The summed E-state index contributed by atoms with van der Waals surface area (Å²) in [5.74, 6) is 0. The third kappa shape index (κ3) is 2.02. The van der Waals surface area contributed by atoms with Crippen LogP contribution in [0.3, 0.4) is 0 Å². The molecule has 0 spiro atoms. The highest BCUT2D eigenvalue weighted by Gasteiger charge is 2.07. The van der Waals surface area contributed by atoms with Gasteiger partial charge in [0.05, 0.1) is 18.9 Å². The number of carbonyl (C=O) groups is 1. The lowest BCUT2D eigenvalue weighted by Gasteiger charge is -1.92. The molecule has 1 saturated heterocycles. The normalized spacial score (nSPS) is 21.4. The summed E-state index contributed by atoms with van der Waals surface area (Å²) >= 11 is 0. The maximum absolute atomic E-state index is 10.1. The smallest absolute Gasteiger partial charge is 0.332 e. The fourth-order valence-corrected chi connectivity index (χ4v) is 0.674. The third-order valence-electron chi connectivity index (χ3n) is 1.13. The molecule has 0 radical (unpaired) electrons. The lowest BCUT2D eigenvalue weighted by molar-refractivity contribution is 0.209. The third-order valence-corrected chi connectivity index (χ3v) is 1.13. The first-order chi connectivity index (χ1) is 4.79. The second kappa shape index (κ2) is 3.17. The molecule has 3 N–H and O–H groups in total. The van der Waals surface area contributed by atoms with Crippen LogP contribution in [0.2, 0.25) is 0 Å². The van der Waals surface area contributed by atoms with Crippen molar-refractivity contribution in [2.75, 3.05) is 13.2 Å². The number of ether oxygens (including phenoxy) is 1. The Kier molecular flexibility index (Phi) is 2.22. The summed E-state index contributed by atoms with van der Waals surface area (Å²) in [6.07, 6.45) is 0.778. The number of nitrogens with two attached hydrogens (primary N) is 1. The fourth-order valence-electron chi connectivity index (χ4n) is 0.674. The van der Waals surface area contributed by atoms with Crippen LogP contribution in [0.4, 0.5) is 4.79 Å². The van der Waals surface area contributed by atoms with Gasteiger partial charge in [-0.3, -0.25) is 0 Å². The number of hydrazone groups is 1. The van der Waals surface area contributed by atoms with E-state index in [9.17, 15) is 4.79 Å². The van der Waals surface area contributed by atoms with Gasteiger partial charge in [-0.1, -0.05) is 0 Å². The zero-order valence-corrected chi connectivity index (χ0v) is 5.46. The summed E-state index contributed by atoms with van der Waals surface area (Å²) in [5.41, 5.74) is 7.74. The van der Waals surface area contributed by atoms with Gasteiger partial charge in [-0.15, -0.1) is 0 Å². The summed E-state index contributed by atoms with van der Waals surface area (Å²) in [4.78, 5) is 10.1. The fraction of sp³-hybridized carbons (Fsp3) is 0.600. The number of rotatable bonds is 1. The number of amides is 2. The van der Waals surface area contributed by atoms with E-state index in [1.165, 1.54) is 0 Å². The monoisotopic (exact) mass is 143 g/mol. The Balaban J connectivity index is 2.31.